The molecule has 2 aromatic heterocycles. The summed E-state index contributed by atoms with van der Waals surface area (Å²) in [6, 6.07) is 17.9. The first kappa shape index (κ1) is 26.3. The second kappa shape index (κ2) is 11.2. The molecule has 0 spiro atoms. The molecule has 1 fully saturated rings. The average Bonchev–Trinajstić information content (AvgIpc) is 2.91. The van der Waals surface area contributed by atoms with Crippen LogP contribution in [0.25, 0.3) is 22.5 Å². The number of benzene rings is 2. The van der Waals surface area contributed by atoms with Gasteiger partial charge in [-0.3, -0.25) is 19.8 Å². The van der Waals surface area contributed by atoms with Gasteiger partial charge in [0.05, 0.1) is 11.4 Å². The van der Waals surface area contributed by atoms with Gasteiger partial charge in [-0.05, 0) is 129 Å². The van der Waals surface area contributed by atoms with Crippen LogP contribution in [0.1, 0.15) is 44.5 Å². The lowest BCUT2D eigenvalue weighted by atomic mass is 9.98. The second-order valence-corrected chi connectivity index (χ2v) is 11.1. The summed E-state index contributed by atoms with van der Waals surface area (Å²) >= 11 is 0. The number of hydrogen-bond acceptors (Lipinski definition) is 4. The van der Waals surface area contributed by atoms with E-state index in [4.69, 9.17) is 4.98 Å². The monoisotopic (exact) mass is 504 g/mol. The minimum atomic E-state index is 0.957. The Morgan fingerprint density at radius 1 is 0.553 bits per heavy atom. The van der Waals surface area contributed by atoms with Gasteiger partial charge in [0.15, 0.2) is 0 Å². The highest BCUT2D eigenvalue weighted by atomic mass is 15.3. The molecule has 4 heteroatoms. The fourth-order valence-electron chi connectivity index (χ4n) is 5.41. The standard InChI is InChI=1S/C34H40N4/c1-23-15-31(16-24(2)27(23)5)33-8-7-30(20-36-33)22-38-13-11-37(12-14-38)21-29-9-10-35-34(19-29)32-17-25(3)28(6)26(4)18-32/h7-10,15-20H,11-14,21-22H2,1-6H3. The van der Waals surface area contributed by atoms with Gasteiger partial charge in [-0.25, -0.2) is 0 Å². The highest BCUT2D eigenvalue weighted by molar-refractivity contribution is 5.64. The maximum absolute atomic E-state index is 4.80. The summed E-state index contributed by atoms with van der Waals surface area (Å²) in [6.45, 7) is 19.3. The Kier molecular flexibility index (Phi) is 7.73. The van der Waals surface area contributed by atoms with Crippen LogP contribution in [0.15, 0.2) is 60.9 Å². The maximum atomic E-state index is 4.80. The molecular weight excluding hydrogens is 464 g/mol. The average molecular weight is 505 g/mol. The van der Waals surface area contributed by atoms with E-state index in [0.29, 0.717) is 0 Å². The summed E-state index contributed by atoms with van der Waals surface area (Å²) < 4.78 is 0. The Hall–Kier alpha value is -3.34. The van der Waals surface area contributed by atoms with E-state index < -0.39 is 0 Å². The van der Waals surface area contributed by atoms with Gasteiger partial charge in [-0.2, -0.15) is 0 Å². The quantitative estimate of drug-likeness (QED) is 0.284. The molecule has 0 N–H and O–H groups in total. The van der Waals surface area contributed by atoms with E-state index >= 15 is 0 Å². The lowest BCUT2D eigenvalue weighted by molar-refractivity contribution is 0.122. The third-order valence-electron chi connectivity index (χ3n) is 8.37. The minimum Gasteiger partial charge on any atom is -0.297 e. The first-order valence-corrected chi connectivity index (χ1v) is 13.8. The highest BCUT2D eigenvalue weighted by Crippen LogP contribution is 2.26. The molecular formula is C34H40N4. The van der Waals surface area contributed by atoms with Crippen molar-refractivity contribution in [1.82, 2.24) is 19.8 Å². The summed E-state index contributed by atoms with van der Waals surface area (Å²) in [4.78, 5) is 14.6. The van der Waals surface area contributed by atoms with E-state index in [1.165, 1.54) is 55.6 Å². The Balaban J connectivity index is 1.16. The molecule has 0 amide bonds. The number of pyridine rings is 2. The van der Waals surface area contributed by atoms with Gasteiger partial charge in [0, 0.05) is 62.8 Å². The smallest absolute Gasteiger partial charge is 0.0705 e. The van der Waals surface area contributed by atoms with Gasteiger partial charge in [-0.1, -0.05) is 6.07 Å². The van der Waals surface area contributed by atoms with Crippen molar-refractivity contribution in [3.8, 4) is 22.5 Å². The highest BCUT2D eigenvalue weighted by Gasteiger charge is 2.18. The Labute approximate surface area is 228 Å². The van der Waals surface area contributed by atoms with Gasteiger partial charge in [0.1, 0.15) is 0 Å². The van der Waals surface area contributed by atoms with Gasteiger partial charge < -0.3 is 0 Å². The Bertz CT molecular complexity index is 1380. The van der Waals surface area contributed by atoms with Gasteiger partial charge in [0.25, 0.3) is 0 Å². The maximum Gasteiger partial charge on any atom is 0.0705 e. The van der Waals surface area contributed by atoms with Crippen LogP contribution in [-0.4, -0.2) is 45.9 Å². The summed E-state index contributed by atoms with van der Waals surface area (Å²) in [5, 5.41) is 0. The number of nitrogens with zero attached hydrogens (tertiary/aromatic N) is 4. The fraction of sp³-hybridized carbons (Fsp3) is 0.353. The minimum absolute atomic E-state index is 0.957. The van der Waals surface area contributed by atoms with Crippen molar-refractivity contribution in [2.45, 2.75) is 54.6 Å². The predicted molar refractivity (Wildman–Crippen MR) is 158 cm³/mol. The topological polar surface area (TPSA) is 32.3 Å². The zero-order valence-electron chi connectivity index (χ0n) is 23.8. The van der Waals surface area contributed by atoms with Crippen LogP contribution < -0.4 is 0 Å². The number of aromatic nitrogens is 2. The number of rotatable bonds is 6. The van der Waals surface area contributed by atoms with Crippen molar-refractivity contribution in [3.63, 3.8) is 0 Å². The zero-order chi connectivity index (χ0) is 26.8. The number of aryl methyl sites for hydroxylation is 4. The molecule has 4 aromatic rings. The number of hydrogen-bond donors (Lipinski definition) is 0. The molecule has 4 nitrogen and oxygen atoms in total. The second-order valence-electron chi connectivity index (χ2n) is 11.1. The predicted octanol–water partition coefficient (Wildman–Crippen LogP) is 6.98. The van der Waals surface area contributed by atoms with Crippen LogP contribution in [0.5, 0.6) is 0 Å². The largest absolute Gasteiger partial charge is 0.297 e. The molecule has 1 aliphatic rings. The molecule has 196 valence electrons. The van der Waals surface area contributed by atoms with Crippen LogP contribution in [0.2, 0.25) is 0 Å². The van der Waals surface area contributed by atoms with Gasteiger partial charge >= 0.3 is 0 Å². The van der Waals surface area contributed by atoms with E-state index in [0.717, 1.165) is 50.7 Å². The molecule has 0 bridgehead atoms. The molecule has 0 unspecified atom stereocenters. The van der Waals surface area contributed by atoms with Crippen LogP contribution in [-0.2, 0) is 13.1 Å². The van der Waals surface area contributed by atoms with Crippen molar-refractivity contribution in [3.05, 3.63) is 105 Å². The van der Waals surface area contributed by atoms with Crippen molar-refractivity contribution in [2.75, 3.05) is 26.2 Å². The molecule has 2 aromatic carbocycles. The molecule has 0 atom stereocenters. The zero-order valence-corrected chi connectivity index (χ0v) is 23.8. The first-order valence-electron chi connectivity index (χ1n) is 13.8. The van der Waals surface area contributed by atoms with E-state index in [1.807, 2.05) is 6.20 Å². The van der Waals surface area contributed by atoms with Crippen LogP contribution in [0.4, 0.5) is 0 Å². The summed E-state index contributed by atoms with van der Waals surface area (Å²) in [7, 11) is 0. The van der Waals surface area contributed by atoms with Crippen LogP contribution in [0, 0.1) is 41.5 Å². The first-order chi connectivity index (χ1) is 18.3. The van der Waals surface area contributed by atoms with E-state index in [9.17, 15) is 0 Å². The molecule has 1 aliphatic heterocycles. The number of piperazine rings is 1. The summed E-state index contributed by atoms with van der Waals surface area (Å²) in [6.07, 6.45) is 4.01. The molecule has 38 heavy (non-hydrogen) atoms. The molecule has 0 saturated carbocycles. The van der Waals surface area contributed by atoms with Gasteiger partial charge in [0.2, 0.25) is 0 Å². The SMILES string of the molecule is Cc1cc(-c2ccc(CN3CCN(Cc4ccnc(-c5cc(C)c(C)c(C)c5)c4)CC3)cn2)cc(C)c1C. The van der Waals surface area contributed by atoms with E-state index in [1.54, 1.807) is 0 Å². The molecule has 3 heterocycles. The van der Waals surface area contributed by atoms with E-state index in [2.05, 4.69) is 111 Å². The van der Waals surface area contributed by atoms with Crippen molar-refractivity contribution in [2.24, 2.45) is 0 Å². The summed E-state index contributed by atoms with van der Waals surface area (Å²) in [5.74, 6) is 0. The summed E-state index contributed by atoms with van der Waals surface area (Å²) in [5.41, 5.74) is 15.2. The third-order valence-corrected chi connectivity index (χ3v) is 8.37. The Morgan fingerprint density at radius 2 is 1.05 bits per heavy atom. The van der Waals surface area contributed by atoms with E-state index in [-0.39, 0.29) is 0 Å². The fourth-order valence-corrected chi connectivity index (χ4v) is 5.41. The normalized spacial score (nSPS) is 14.7. The van der Waals surface area contributed by atoms with Crippen molar-refractivity contribution < 1.29 is 0 Å². The third kappa shape index (κ3) is 5.87. The lowest BCUT2D eigenvalue weighted by Crippen LogP contribution is -2.45. The van der Waals surface area contributed by atoms with Crippen molar-refractivity contribution >= 4 is 0 Å². The molecule has 0 aliphatic carbocycles. The van der Waals surface area contributed by atoms with Crippen LogP contribution >= 0.6 is 0 Å². The van der Waals surface area contributed by atoms with Crippen molar-refractivity contribution in [1.29, 1.82) is 0 Å². The lowest BCUT2D eigenvalue weighted by Gasteiger charge is -2.34. The molecule has 0 radical (unpaired) electrons. The Morgan fingerprint density at radius 3 is 1.55 bits per heavy atom. The molecule has 5 rings (SSSR count). The molecule has 1 saturated heterocycles. The van der Waals surface area contributed by atoms with Crippen LogP contribution in [0.3, 0.4) is 0 Å². The van der Waals surface area contributed by atoms with Gasteiger partial charge in [-0.15, -0.1) is 0 Å².